The molecule has 1 rings (SSSR count). The number of nitrogens with zero attached hydrogens (tertiary/aromatic N) is 1. The van der Waals surface area contributed by atoms with E-state index in [4.69, 9.17) is 11.6 Å². The lowest BCUT2D eigenvalue weighted by Gasteiger charge is -2.26. The second kappa shape index (κ2) is 3.26. The molecule has 0 amide bonds. The number of allylic oxidation sites excluding steroid dienone is 4. The minimum Gasteiger partial charge on any atom is -0.400 e. The van der Waals surface area contributed by atoms with Crippen molar-refractivity contribution in [3.05, 3.63) is 35.8 Å². The van der Waals surface area contributed by atoms with Gasteiger partial charge in [0.1, 0.15) is 0 Å². The zero-order valence-electron chi connectivity index (χ0n) is 8.41. The van der Waals surface area contributed by atoms with Crippen molar-refractivity contribution in [1.29, 1.82) is 0 Å². The van der Waals surface area contributed by atoms with Gasteiger partial charge in [0.2, 0.25) is 0 Å². The number of hydrogen-bond donors (Lipinski definition) is 2. The van der Waals surface area contributed by atoms with Gasteiger partial charge >= 0.3 is 0 Å². The Kier molecular flexibility index (Phi) is 2.48. The van der Waals surface area contributed by atoms with Crippen LogP contribution in [0.4, 0.5) is 0 Å². The zero-order chi connectivity index (χ0) is 10.1. The third-order valence-electron chi connectivity index (χ3n) is 1.97. The maximum atomic E-state index is 5.99. The van der Waals surface area contributed by atoms with Crippen LogP contribution in [0, 0.1) is 5.41 Å². The third kappa shape index (κ3) is 2.12. The molecule has 3 nitrogen and oxygen atoms in total. The molecule has 1 heterocycles. The molecule has 1 aliphatic rings. The summed E-state index contributed by atoms with van der Waals surface area (Å²) in [6.07, 6.45) is 7.51. The molecule has 0 aromatic carbocycles. The van der Waals surface area contributed by atoms with Gasteiger partial charge in [-0.15, -0.1) is 0 Å². The maximum absolute atomic E-state index is 5.99. The molecule has 0 unspecified atom stereocenters. The third-order valence-corrected chi connectivity index (χ3v) is 1.97. The van der Waals surface area contributed by atoms with Crippen LogP contribution in [0.15, 0.2) is 35.8 Å². The molecule has 3 heteroatoms. The summed E-state index contributed by atoms with van der Waals surface area (Å²) in [5.74, 6) is 5.73. The van der Waals surface area contributed by atoms with Crippen molar-refractivity contribution in [2.75, 3.05) is 0 Å². The van der Waals surface area contributed by atoms with Gasteiger partial charge in [0, 0.05) is 17.3 Å². The summed E-state index contributed by atoms with van der Waals surface area (Å²) in [6, 6.07) is 0. The van der Waals surface area contributed by atoms with Gasteiger partial charge in [-0.25, -0.2) is 5.84 Å². The Balaban J connectivity index is 3.05. The summed E-state index contributed by atoms with van der Waals surface area (Å²) in [6.45, 7) is 6.19. The first-order valence-corrected chi connectivity index (χ1v) is 4.32. The van der Waals surface area contributed by atoms with Gasteiger partial charge in [-0.1, -0.05) is 26.8 Å². The van der Waals surface area contributed by atoms with Gasteiger partial charge in [0.15, 0.2) is 0 Å². The molecule has 1 aliphatic heterocycles. The maximum Gasteiger partial charge on any atom is 0.0760 e. The molecule has 0 aliphatic carbocycles. The normalized spacial score (nSPS) is 20.8. The lowest BCUT2D eigenvalue weighted by molar-refractivity contribution is 0.439. The summed E-state index contributed by atoms with van der Waals surface area (Å²) in [5, 5.41) is 1.54. The molecule has 0 saturated heterocycles. The van der Waals surface area contributed by atoms with E-state index in [9.17, 15) is 0 Å². The van der Waals surface area contributed by atoms with E-state index in [0.29, 0.717) is 0 Å². The molecule has 0 aromatic rings. The Bertz CT molecular complexity index is 279. The first-order chi connectivity index (χ1) is 5.93. The minimum atomic E-state index is -0.0531. The van der Waals surface area contributed by atoms with E-state index in [1.807, 2.05) is 18.2 Å². The second-order valence-corrected chi connectivity index (χ2v) is 4.16. The highest BCUT2D eigenvalue weighted by Gasteiger charge is 2.19. The van der Waals surface area contributed by atoms with Crippen molar-refractivity contribution >= 4 is 0 Å². The minimum absolute atomic E-state index is 0.0531. The van der Waals surface area contributed by atoms with E-state index in [2.05, 4.69) is 20.8 Å². The van der Waals surface area contributed by atoms with Gasteiger partial charge in [0.25, 0.3) is 0 Å². The van der Waals surface area contributed by atoms with Gasteiger partial charge < -0.3 is 5.73 Å². The summed E-state index contributed by atoms with van der Waals surface area (Å²) in [7, 11) is 0. The average molecular weight is 179 g/mol. The fourth-order valence-electron chi connectivity index (χ4n) is 1.07. The van der Waals surface area contributed by atoms with Crippen LogP contribution in [0.25, 0.3) is 0 Å². The Morgan fingerprint density at radius 2 is 1.92 bits per heavy atom. The Morgan fingerprint density at radius 1 is 1.31 bits per heavy atom. The SMILES string of the molecule is CC(C)(C)/C(N)=C1\C=CC=CN1N. The number of hydrazine groups is 1. The number of rotatable bonds is 0. The van der Waals surface area contributed by atoms with Gasteiger partial charge in [-0.3, -0.25) is 5.01 Å². The van der Waals surface area contributed by atoms with Crippen LogP contribution in [0.3, 0.4) is 0 Å². The number of nitrogens with two attached hydrogens (primary N) is 2. The van der Waals surface area contributed by atoms with Gasteiger partial charge in [-0.05, 0) is 12.2 Å². The van der Waals surface area contributed by atoms with E-state index in [1.54, 1.807) is 11.2 Å². The fraction of sp³-hybridized carbons (Fsp3) is 0.400. The van der Waals surface area contributed by atoms with E-state index >= 15 is 0 Å². The van der Waals surface area contributed by atoms with E-state index in [0.717, 1.165) is 11.4 Å². The van der Waals surface area contributed by atoms with E-state index in [1.165, 1.54) is 0 Å². The quantitative estimate of drug-likeness (QED) is 0.553. The molecule has 4 N–H and O–H groups in total. The van der Waals surface area contributed by atoms with Crippen molar-refractivity contribution in [3.63, 3.8) is 0 Å². The summed E-state index contributed by atoms with van der Waals surface area (Å²) >= 11 is 0. The zero-order valence-corrected chi connectivity index (χ0v) is 8.41. The fourth-order valence-corrected chi connectivity index (χ4v) is 1.07. The molecule has 0 atom stereocenters. The molecule has 72 valence electrons. The highest BCUT2D eigenvalue weighted by atomic mass is 15.4. The van der Waals surface area contributed by atoms with Gasteiger partial charge in [-0.2, -0.15) is 0 Å². The lowest BCUT2D eigenvalue weighted by atomic mass is 9.90. The highest BCUT2D eigenvalue weighted by Crippen LogP contribution is 2.25. The van der Waals surface area contributed by atoms with Gasteiger partial charge in [0.05, 0.1) is 5.70 Å². The topological polar surface area (TPSA) is 55.3 Å². The smallest absolute Gasteiger partial charge is 0.0760 e. The summed E-state index contributed by atoms with van der Waals surface area (Å²) in [5.41, 5.74) is 7.61. The van der Waals surface area contributed by atoms with Crippen molar-refractivity contribution in [3.8, 4) is 0 Å². The van der Waals surface area contributed by atoms with Crippen molar-refractivity contribution in [2.45, 2.75) is 20.8 Å². The molecule has 0 radical (unpaired) electrons. The van der Waals surface area contributed by atoms with Crippen LogP contribution in [0.5, 0.6) is 0 Å². The van der Waals surface area contributed by atoms with Crippen molar-refractivity contribution < 1.29 is 0 Å². The second-order valence-electron chi connectivity index (χ2n) is 4.16. The molecule has 0 bridgehead atoms. The molecule has 0 fully saturated rings. The first kappa shape index (κ1) is 9.86. The molecule has 0 spiro atoms. The van der Waals surface area contributed by atoms with Crippen LogP contribution in [0.2, 0.25) is 0 Å². The van der Waals surface area contributed by atoms with E-state index in [-0.39, 0.29) is 5.41 Å². The largest absolute Gasteiger partial charge is 0.400 e. The Morgan fingerprint density at radius 3 is 2.38 bits per heavy atom. The van der Waals surface area contributed by atoms with Crippen LogP contribution in [-0.4, -0.2) is 5.01 Å². The monoisotopic (exact) mass is 179 g/mol. The first-order valence-electron chi connectivity index (χ1n) is 4.32. The molecular weight excluding hydrogens is 162 g/mol. The standard InChI is InChI=1S/C10H17N3/c1-10(2,3)9(11)8-6-4-5-7-13(8)12/h4-7H,11-12H2,1-3H3/b9-8-. The predicted octanol–water partition coefficient (Wildman–Crippen LogP) is 1.46. The van der Waals surface area contributed by atoms with E-state index < -0.39 is 0 Å². The highest BCUT2D eigenvalue weighted by molar-refractivity contribution is 5.32. The lowest BCUT2D eigenvalue weighted by Crippen LogP contribution is -2.31. The Labute approximate surface area is 79.4 Å². The predicted molar refractivity (Wildman–Crippen MR) is 55.0 cm³/mol. The van der Waals surface area contributed by atoms with Crippen LogP contribution >= 0.6 is 0 Å². The molecular formula is C10H17N3. The average Bonchev–Trinajstić information content (AvgIpc) is 2.02. The number of hydrogen-bond acceptors (Lipinski definition) is 3. The van der Waals surface area contributed by atoms with Crippen molar-refractivity contribution in [2.24, 2.45) is 17.0 Å². The van der Waals surface area contributed by atoms with Crippen molar-refractivity contribution in [1.82, 2.24) is 5.01 Å². The van der Waals surface area contributed by atoms with Crippen LogP contribution < -0.4 is 11.6 Å². The summed E-state index contributed by atoms with van der Waals surface area (Å²) < 4.78 is 0. The molecule has 0 saturated carbocycles. The molecule has 0 aromatic heterocycles. The van der Waals surface area contributed by atoms with Crippen LogP contribution in [0.1, 0.15) is 20.8 Å². The van der Waals surface area contributed by atoms with Crippen LogP contribution in [-0.2, 0) is 0 Å². The Hall–Kier alpha value is -1.22. The molecule has 13 heavy (non-hydrogen) atoms. The summed E-state index contributed by atoms with van der Waals surface area (Å²) in [4.78, 5) is 0.